The first-order chi connectivity index (χ1) is 10.0. The van der Waals surface area contributed by atoms with Crippen molar-refractivity contribution in [1.82, 2.24) is 10.2 Å². The van der Waals surface area contributed by atoms with Crippen molar-refractivity contribution in [3.63, 3.8) is 0 Å². The van der Waals surface area contributed by atoms with E-state index in [1.165, 1.54) is 0 Å². The van der Waals surface area contributed by atoms with Gasteiger partial charge in [-0.25, -0.2) is 9.59 Å². The number of urea groups is 1. The Morgan fingerprint density at radius 1 is 1.38 bits per heavy atom. The molecule has 7 heteroatoms. The Kier molecular flexibility index (Phi) is 4.64. The van der Waals surface area contributed by atoms with Gasteiger partial charge in [0.05, 0.1) is 13.2 Å². The van der Waals surface area contributed by atoms with Crippen molar-refractivity contribution in [2.24, 2.45) is 0 Å². The minimum atomic E-state index is -1.11. The highest BCUT2D eigenvalue weighted by Crippen LogP contribution is 2.18. The Morgan fingerprint density at radius 3 is 2.62 bits per heavy atom. The summed E-state index contributed by atoms with van der Waals surface area (Å²) in [6, 6.07) is 5.72. The van der Waals surface area contributed by atoms with E-state index in [9.17, 15) is 14.7 Å². The monoisotopic (exact) mass is 294 g/mol. The first-order valence-corrected chi connectivity index (χ1v) is 6.59. The van der Waals surface area contributed by atoms with Gasteiger partial charge in [0.1, 0.15) is 11.8 Å². The van der Waals surface area contributed by atoms with Crippen LogP contribution in [0, 0.1) is 0 Å². The Hall–Kier alpha value is -2.28. The molecule has 0 aromatic heterocycles. The lowest BCUT2D eigenvalue weighted by molar-refractivity contribution is -0.141. The number of nitrogens with zero attached hydrogens (tertiary/aromatic N) is 1. The normalized spacial score (nSPS) is 21.1. The highest BCUT2D eigenvalue weighted by atomic mass is 16.5. The SMILES string of the molecule is COc1ccc(CNC(=O)N2C[C@H](O)C[C@@H]2C(=O)O)cc1. The van der Waals surface area contributed by atoms with E-state index in [1.54, 1.807) is 19.2 Å². The van der Waals surface area contributed by atoms with Crippen LogP contribution in [0.4, 0.5) is 4.79 Å². The fourth-order valence-corrected chi connectivity index (χ4v) is 2.29. The molecule has 1 heterocycles. The van der Waals surface area contributed by atoms with Crippen LogP contribution in [0.3, 0.4) is 0 Å². The second-order valence-corrected chi connectivity index (χ2v) is 4.90. The van der Waals surface area contributed by atoms with Crippen LogP contribution in [0.2, 0.25) is 0 Å². The average molecular weight is 294 g/mol. The molecule has 1 aromatic carbocycles. The summed E-state index contributed by atoms with van der Waals surface area (Å²) in [5.74, 6) is -0.384. The number of amides is 2. The summed E-state index contributed by atoms with van der Waals surface area (Å²) < 4.78 is 5.04. The maximum absolute atomic E-state index is 12.0. The van der Waals surface area contributed by atoms with E-state index in [4.69, 9.17) is 9.84 Å². The maximum atomic E-state index is 12.0. The fourth-order valence-electron chi connectivity index (χ4n) is 2.29. The standard InChI is InChI=1S/C14H18N2O5/c1-21-11-4-2-9(3-5-11)7-15-14(20)16-8-10(17)6-12(16)13(18)19/h2-5,10,12,17H,6-8H2,1H3,(H,15,20)(H,18,19)/t10-,12-/m1/s1. The zero-order valence-corrected chi connectivity index (χ0v) is 11.7. The first-order valence-electron chi connectivity index (χ1n) is 6.59. The van der Waals surface area contributed by atoms with Crippen molar-refractivity contribution in [2.75, 3.05) is 13.7 Å². The number of ether oxygens (including phenoxy) is 1. The summed E-state index contributed by atoms with van der Waals surface area (Å²) in [6.45, 7) is 0.313. The average Bonchev–Trinajstić information content (AvgIpc) is 2.87. The van der Waals surface area contributed by atoms with E-state index in [1.807, 2.05) is 12.1 Å². The van der Waals surface area contributed by atoms with Crippen LogP contribution >= 0.6 is 0 Å². The largest absolute Gasteiger partial charge is 0.497 e. The Labute approximate surface area is 122 Å². The van der Waals surface area contributed by atoms with Gasteiger partial charge in [0.25, 0.3) is 0 Å². The van der Waals surface area contributed by atoms with Crippen LogP contribution < -0.4 is 10.1 Å². The third-order valence-corrected chi connectivity index (χ3v) is 3.43. The minimum absolute atomic E-state index is 0.0331. The molecular formula is C14H18N2O5. The van der Waals surface area contributed by atoms with Crippen molar-refractivity contribution in [1.29, 1.82) is 0 Å². The van der Waals surface area contributed by atoms with Gasteiger partial charge in [0.15, 0.2) is 0 Å². The zero-order valence-electron chi connectivity index (χ0n) is 11.7. The highest BCUT2D eigenvalue weighted by molar-refractivity contribution is 5.83. The molecule has 0 spiro atoms. The number of benzene rings is 1. The second-order valence-electron chi connectivity index (χ2n) is 4.90. The minimum Gasteiger partial charge on any atom is -0.497 e. The number of β-amino-alcohol motifs (C(OH)–C–C–N with tert-alkyl or cyclic N) is 1. The molecule has 114 valence electrons. The number of carbonyl (C=O) groups excluding carboxylic acids is 1. The molecule has 7 nitrogen and oxygen atoms in total. The van der Waals surface area contributed by atoms with Gasteiger partial charge in [0.2, 0.25) is 0 Å². The summed E-state index contributed by atoms with van der Waals surface area (Å²) in [5.41, 5.74) is 0.871. The van der Waals surface area contributed by atoms with E-state index < -0.39 is 24.1 Å². The number of carboxylic acid groups (broad SMARTS) is 1. The van der Waals surface area contributed by atoms with Crippen LogP contribution in [0.5, 0.6) is 5.75 Å². The smallest absolute Gasteiger partial charge is 0.326 e. The molecule has 1 saturated heterocycles. The van der Waals surface area contributed by atoms with Crippen LogP contribution in [0.25, 0.3) is 0 Å². The molecule has 0 saturated carbocycles. The number of nitrogens with one attached hydrogen (secondary N) is 1. The molecule has 21 heavy (non-hydrogen) atoms. The summed E-state index contributed by atoms with van der Waals surface area (Å²) in [4.78, 5) is 24.2. The molecule has 2 rings (SSSR count). The predicted molar refractivity (Wildman–Crippen MR) is 74.0 cm³/mol. The van der Waals surface area contributed by atoms with E-state index in [-0.39, 0.29) is 19.5 Å². The molecule has 0 aliphatic carbocycles. The number of hydrogen-bond acceptors (Lipinski definition) is 4. The number of aliphatic hydroxyl groups is 1. The lowest BCUT2D eigenvalue weighted by Gasteiger charge is -2.21. The van der Waals surface area contributed by atoms with Crippen LogP contribution in [-0.2, 0) is 11.3 Å². The number of hydrogen-bond donors (Lipinski definition) is 3. The predicted octanol–water partition coefficient (Wildman–Crippen LogP) is 0.425. The number of methoxy groups -OCH3 is 1. The summed E-state index contributed by atoms with van der Waals surface area (Å²) in [6.07, 6.45) is -0.733. The van der Waals surface area contributed by atoms with Gasteiger partial charge in [-0.2, -0.15) is 0 Å². The number of aliphatic hydroxyl groups excluding tert-OH is 1. The van der Waals surface area contributed by atoms with Gasteiger partial charge in [-0.15, -0.1) is 0 Å². The molecule has 3 N–H and O–H groups in total. The lowest BCUT2D eigenvalue weighted by atomic mass is 10.2. The molecule has 1 fully saturated rings. The number of likely N-dealkylation sites (tertiary alicyclic amines) is 1. The van der Waals surface area contributed by atoms with Crippen molar-refractivity contribution in [3.8, 4) is 5.75 Å². The summed E-state index contributed by atoms with van der Waals surface area (Å²) in [7, 11) is 1.57. The number of carboxylic acids is 1. The topological polar surface area (TPSA) is 99.1 Å². The summed E-state index contributed by atoms with van der Waals surface area (Å²) >= 11 is 0. The van der Waals surface area contributed by atoms with Crippen molar-refractivity contribution in [2.45, 2.75) is 25.1 Å². The number of carbonyl (C=O) groups is 2. The third kappa shape index (κ3) is 3.63. The van der Waals surface area contributed by atoms with Crippen molar-refractivity contribution in [3.05, 3.63) is 29.8 Å². The van der Waals surface area contributed by atoms with E-state index in [0.29, 0.717) is 0 Å². The molecule has 1 aliphatic heterocycles. The molecule has 2 amide bonds. The van der Waals surface area contributed by atoms with Crippen LogP contribution in [-0.4, -0.2) is 52.9 Å². The van der Waals surface area contributed by atoms with Crippen molar-refractivity contribution < 1.29 is 24.5 Å². The Morgan fingerprint density at radius 2 is 2.05 bits per heavy atom. The molecule has 2 atom stereocenters. The van der Waals surface area contributed by atoms with Crippen LogP contribution in [0.15, 0.2) is 24.3 Å². The number of aliphatic carboxylic acids is 1. The Bertz CT molecular complexity index is 517. The molecule has 1 aliphatic rings. The van der Waals surface area contributed by atoms with Gasteiger partial charge >= 0.3 is 12.0 Å². The molecule has 0 bridgehead atoms. The van der Waals surface area contributed by atoms with E-state index >= 15 is 0 Å². The van der Waals surface area contributed by atoms with Gasteiger partial charge in [0, 0.05) is 19.5 Å². The fraction of sp³-hybridized carbons (Fsp3) is 0.429. The molecule has 0 radical (unpaired) electrons. The maximum Gasteiger partial charge on any atom is 0.326 e. The quantitative estimate of drug-likeness (QED) is 0.747. The van der Waals surface area contributed by atoms with Gasteiger partial charge in [-0.3, -0.25) is 0 Å². The molecular weight excluding hydrogens is 276 g/mol. The lowest BCUT2D eigenvalue weighted by Crippen LogP contribution is -2.45. The first kappa shape index (κ1) is 15.1. The van der Waals surface area contributed by atoms with Gasteiger partial charge in [-0.05, 0) is 17.7 Å². The van der Waals surface area contributed by atoms with E-state index in [2.05, 4.69) is 5.32 Å². The molecule has 1 aromatic rings. The van der Waals surface area contributed by atoms with Crippen LogP contribution in [0.1, 0.15) is 12.0 Å². The summed E-state index contributed by atoms with van der Waals surface area (Å²) in [5, 5.41) is 21.2. The van der Waals surface area contributed by atoms with Crippen molar-refractivity contribution >= 4 is 12.0 Å². The number of rotatable bonds is 4. The molecule has 0 unspecified atom stereocenters. The Balaban J connectivity index is 1.92. The van der Waals surface area contributed by atoms with Gasteiger partial charge in [-0.1, -0.05) is 12.1 Å². The zero-order chi connectivity index (χ0) is 15.4. The van der Waals surface area contributed by atoms with Gasteiger partial charge < -0.3 is 25.2 Å². The second kappa shape index (κ2) is 6.45. The van der Waals surface area contributed by atoms with E-state index in [0.717, 1.165) is 16.2 Å². The third-order valence-electron chi connectivity index (χ3n) is 3.43. The highest BCUT2D eigenvalue weighted by Gasteiger charge is 2.38.